The highest BCUT2D eigenvalue weighted by Gasteiger charge is 2.44. The third kappa shape index (κ3) is 15.3. The van der Waals surface area contributed by atoms with Gasteiger partial charge in [-0.15, -0.1) is 0 Å². The number of carbonyl (C=O) groups is 8. The van der Waals surface area contributed by atoms with Crippen LogP contribution in [0.4, 0.5) is 0 Å². The molecular weight excluding hydrogens is 861 g/mol. The second-order valence-corrected chi connectivity index (χ2v) is 17.8. The largest absolute Gasteiger partial charge is 0.480 e. The van der Waals surface area contributed by atoms with Crippen molar-refractivity contribution in [2.75, 3.05) is 38.3 Å². The average molecular weight is 925 g/mol. The summed E-state index contributed by atoms with van der Waals surface area (Å²) < 4.78 is 0. The third-order valence-electron chi connectivity index (χ3n) is 11.4. The summed E-state index contributed by atoms with van der Waals surface area (Å²) in [6, 6.07) is 7.92. The zero-order valence-corrected chi connectivity index (χ0v) is 38.0. The summed E-state index contributed by atoms with van der Waals surface area (Å²) >= 11 is 1.37. The van der Waals surface area contributed by atoms with Crippen LogP contribution in [0.25, 0.3) is 0 Å². The molecule has 65 heavy (non-hydrogen) atoms. The van der Waals surface area contributed by atoms with Gasteiger partial charge in [0.05, 0.1) is 19.3 Å². The number of carboxylic acid groups (broad SMARTS) is 1. The fourth-order valence-electron chi connectivity index (χ4n) is 7.95. The fraction of sp³-hybridized carbons (Fsp3) is 0.556. The lowest BCUT2D eigenvalue weighted by Gasteiger charge is -2.33. The normalized spacial score (nSPS) is 18.7. The fourth-order valence-corrected chi connectivity index (χ4v) is 8.42. The molecule has 0 bridgehead atoms. The zero-order chi connectivity index (χ0) is 47.6. The van der Waals surface area contributed by atoms with Gasteiger partial charge in [-0.2, -0.15) is 11.8 Å². The first-order valence-corrected chi connectivity index (χ1v) is 23.4. The van der Waals surface area contributed by atoms with Crippen LogP contribution in [0.5, 0.6) is 0 Å². The Morgan fingerprint density at radius 1 is 0.662 bits per heavy atom. The maximum atomic E-state index is 14.5. The molecule has 2 aromatic carbocycles. The molecule has 2 aliphatic heterocycles. The number of aliphatic hydroxyl groups excluding tert-OH is 2. The highest BCUT2D eigenvalue weighted by Crippen LogP contribution is 2.26. The first-order valence-electron chi connectivity index (χ1n) is 22.0. The van der Waals surface area contributed by atoms with Crippen LogP contribution in [0, 0.1) is 5.92 Å². The van der Waals surface area contributed by atoms with Gasteiger partial charge in [-0.25, -0.2) is 4.79 Å². The van der Waals surface area contributed by atoms with Crippen molar-refractivity contribution < 1.29 is 53.7 Å². The van der Waals surface area contributed by atoms with Crippen molar-refractivity contribution in [3.8, 4) is 0 Å². The van der Waals surface area contributed by atoms with Gasteiger partial charge in [0.1, 0.15) is 42.3 Å². The summed E-state index contributed by atoms with van der Waals surface area (Å²) in [6.07, 6.45) is 3.70. The average Bonchev–Trinajstić information content (AvgIpc) is 3.99. The molecule has 7 amide bonds. The molecule has 356 valence electrons. The second kappa shape index (κ2) is 25.8. The van der Waals surface area contributed by atoms with Crippen molar-refractivity contribution in [1.29, 1.82) is 0 Å². The number of amides is 7. The molecule has 2 fully saturated rings. The molecule has 20 heteroatoms. The van der Waals surface area contributed by atoms with E-state index in [-0.39, 0.29) is 44.7 Å². The summed E-state index contributed by atoms with van der Waals surface area (Å²) in [5.74, 6) is -5.76. The monoisotopic (exact) mass is 924 g/mol. The molecule has 2 heterocycles. The smallest absolute Gasteiger partial charge is 0.326 e. The Kier molecular flexibility index (Phi) is 20.7. The number of aliphatic carboxylic acids is 1. The van der Waals surface area contributed by atoms with E-state index in [1.165, 1.54) is 21.6 Å². The van der Waals surface area contributed by atoms with E-state index in [0.29, 0.717) is 42.6 Å². The molecule has 2 saturated heterocycles. The summed E-state index contributed by atoms with van der Waals surface area (Å²) in [4.78, 5) is 111. The molecule has 2 aromatic rings. The summed E-state index contributed by atoms with van der Waals surface area (Å²) in [6.45, 7) is 2.44. The number of hydrogen-bond acceptors (Lipinski definition) is 12. The highest BCUT2D eigenvalue weighted by molar-refractivity contribution is 7.98. The Balaban J connectivity index is 1.48. The van der Waals surface area contributed by atoms with Crippen molar-refractivity contribution >= 4 is 59.1 Å². The number of thioether (sulfide) groups is 1. The SMILES string of the molecule is CSCC[C@H](NC(=O)[C@H](CO)NC(=O)[C@@H](N)CC(C)C)C(=O)N[C@@H](CO)C(=O)N[C@@H](Cc1ccccc1)C(=O)N1CCC[C@H]1C(=O)N1CCC[C@H]1C(=O)N[C@@H](Cc1ccccc1)C(=O)O. The van der Waals surface area contributed by atoms with Crippen LogP contribution in [0.15, 0.2) is 60.7 Å². The van der Waals surface area contributed by atoms with E-state index in [2.05, 4.69) is 26.6 Å². The minimum atomic E-state index is -1.60. The van der Waals surface area contributed by atoms with Crippen molar-refractivity contribution in [3.63, 3.8) is 0 Å². The molecule has 10 N–H and O–H groups in total. The van der Waals surface area contributed by atoms with Gasteiger partial charge in [0.15, 0.2) is 0 Å². The predicted molar refractivity (Wildman–Crippen MR) is 242 cm³/mol. The number of nitrogens with one attached hydrogen (secondary N) is 5. The van der Waals surface area contributed by atoms with Gasteiger partial charge in [-0.1, -0.05) is 74.5 Å². The molecule has 0 spiro atoms. The van der Waals surface area contributed by atoms with E-state index in [1.54, 1.807) is 66.9 Å². The van der Waals surface area contributed by atoms with Crippen LogP contribution in [-0.2, 0) is 51.2 Å². The van der Waals surface area contributed by atoms with Gasteiger partial charge < -0.3 is 57.4 Å². The van der Waals surface area contributed by atoms with E-state index >= 15 is 0 Å². The van der Waals surface area contributed by atoms with E-state index in [0.717, 1.165) is 0 Å². The molecule has 0 unspecified atom stereocenters. The minimum Gasteiger partial charge on any atom is -0.480 e. The van der Waals surface area contributed by atoms with Crippen LogP contribution in [-0.4, -0.2) is 159 Å². The second-order valence-electron chi connectivity index (χ2n) is 16.8. The van der Waals surface area contributed by atoms with Crippen LogP contribution >= 0.6 is 11.8 Å². The van der Waals surface area contributed by atoms with Gasteiger partial charge in [-0.3, -0.25) is 33.6 Å². The highest BCUT2D eigenvalue weighted by atomic mass is 32.2. The van der Waals surface area contributed by atoms with E-state index in [4.69, 9.17) is 5.73 Å². The lowest BCUT2D eigenvalue weighted by molar-refractivity contribution is -0.148. The number of nitrogens with zero attached hydrogens (tertiary/aromatic N) is 2. The molecule has 2 aliphatic rings. The molecule has 19 nitrogen and oxygen atoms in total. The number of carbonyl (C=O) groups excluding carboxylic acids is 7. The van der Waals surface area contributed by atoms with Crippen LogP contribution in [0.3, 0.4) is 0 Å². The van der Waals surface area contributed by atoms with E-state index in [1.807, 2.05) is 13.8 Å². The van der Waals surface area contributed by atoms with Gasteiger partial charge >= 0.3 is 5.97 Å². The Bertz CT molecular complexity index is 1940. The van der Waals surface area contributed by atoms with E-state index < -0.39 is 109 Å². The quantitative estimate of drug-likeness (QED) is 0.0617. The lowest BCUT2D eigenvalue weighted by Crippen LogP contribution is -2.61. The van der Waals surface area contributed by atoms with Gasteiger partial charge in [0, 0.05) is 25.9 Å². The van der Waals surface area contributed by atoms with Crippen molar-refractivity contribution in [1.82, 2.24) is 36.4 Å². The maximum absolute atomic E-state index is 14.5. The summed E-state index contributed by atoms with van der Waals surface area (Å²) in [5.41, 5.74) is 7.31. The number of carboxylic acids is 1. The van der Waals surface area contributed by atoms with E-state index in [9.17, 15) is 53.7 Å². The van der Waals surface area contributed by atoms with Gasteiger partial charge in [0.25, 0.3) is 0 Å². The first-order chi connectivity index (χ1) is 31.1. The Hall–Kier alpha value is -5.57. The predicted octanol–water partition coefficient (Wildman–Crippen LogP) is -0.926. The Labute approximate surface area is 383 Å². The van der Waals surface area contributed by atoms with Crippen molar-refractivity contribution in [2.24, 2.45) is 11.7 Å². The molecule has 0 saturated carbocycles. The van der Waals surface area contributed by atoms with Gasteiger partial charge in [-0.05, 0) is 67.6 Å². The number of benzene rings is 2. The lowest BCUT2D eigenvalue weighted by atomic mass is 10.0. The number of rotatable bonds is 24. The van der Waals surface area contributed by atoms with Crippen LogP contribution in [0.1, 0.15) is 63.5 Å². The molecular formula is C45H64N8O11S. The number of aliphatic hydroxyl groups is 2. The number of hydrogen-bond donors (Lipinski definition) is 9. The molecule has 8 atom stereocenters. The van der Waals surface area contributed by atoms with Gasteiger partial charge in [0.2, 0.25) is 41.4 Å². The minimum absolute atomic E-state index is 0.0246. The maximum Gasteiger partial charge on any atom is 0.326 e. The molecule has 0 radical (unpaired) electrons. The number of nitrogens with two attached hydrogens (primary N) is 1. The molecule has 0 aromatic heterocycles. The topological polar surface area (TPSA) is 290 Å². The van der Waals surface area contributed by atoms with Crippen LogP contribution in [0.2, 0.25) is 0 Å². The first kappa shape index (κ1) is 52.1. The molecule has 4 rings (SSSR count). The van der Waals surface area contributed by atoms with Crippen LogP contribution < -0.4 is 32.3 Å². The third-order valence-corrected chi connectivity index (χ3v) is 12.0. The van der Waals surface area contributed by atoms with Crippen molar-refractivity contribution in [2.45, 2.75) is 114 Å². The standard InChI is InChI=1S/C45H64N8O11S/c1-27(2)22-30(46)38(56)50-34(25-54)40(58)47-31(18-21-65-3)39(57)51-35(26-55)41(59)48-32(23-28-12-6-4-7-13-28)43(61)53-20-11-17-37(53)44(62)52-19-10-16-36(52)42(60)49-33(45(63)64)24-29-14-8-5-9-15-29/h4-9,12-15,27,30-37,54-55H,10-11,16-26,46H2,1-3H3,(H,47,58)(H,48,59)(H,49,60)(H,50,56)(H,51,57)(H,63,64)/t30-,31-,32-,33-,34-,35-,36-,37-/m0/s1. The Morgan fingerprint density at radius 2 is 1.14 bits per heavy atom. The number of likely N-dealkylation sites (tertiary alicyclic amines) is 2. The molecule has 0 aliphatic carbocycles. The summed E-state index contributed by atoms with van der Waals surface area (Å²) in [5, 5.41) is 42.9. The zero-order valence-electron chi connectivity index (χ0n) is 37.1. The Morgan fingerprint density at radius 3 is 1.66 bits per heavy atom. The van der Waals surface area contributed by atoms with Crippen molar-refractivity contribution in [3.05, 3.63) is 71.8 Å². The summed E-state index contributed by atoms with van der Waals surface area (Å²) in [7, 11) is 0.